The number of rotatable bonds is 4. The maximum Gasteiger partial charge on any atom is 0.339 e. The number of carboxylic acid groups (broad SMARTS) is 1. The minimum absolute atomic E-state index is 0.0317. The Hall–Kier alpha value is -1.55. The molecule has 1 atom stereocenters. The first kappa shape index (κ1) is 16.4. The molecule has 0 heterocycles. The summed E-state index contributed by atoms with van der Waals surface area (Å²) in [6.45, 7) is 3.66. The van der Waals surface area contributed by atoms with Crippen LogP contribution in [0, 0.1) is 0 Å². The smallest absolute Gasteiger partial charge is 0.339 e. The Morgan fingerprint density at radius 1 is 1.28 bits per heavy atom. The van der Waals surface area contributed by atoms with Crippen LogP contribution in [0.3, 0.4) is 0 Å². The Morgan fingerprint density at radius 2 is 1.78 bits per heavy atom. The molecular weight excluding hydrogens is 256 g/mol. The van der Waals surface area contributed by atoms with Crippen LogP contribution < -0.4 is 0 Å². The minimum atomic E-state index is -1.13. The molecule has 0 saturated carbocycles. The second kappa shape index (κ2) is 8.53. The molecule has 0 amide bonds. The van der Waals surface area contributed by atoms with Gasteiger partial charge in [-0.1, -0.05) is 19.1 Å². The zero-order valence-corrected chi connectivity index (χ0v) is 11.4. The van der Waals surface area contributed by atoms with Crippen LogP contribution in [0.15, 0.2) is 24.3 Å². The van der Waals surface area contributed by atoms with E-state index in [1.54, 1.807) is 19.1 Å². The van der Waals surface area contributed by atoms with Crippen LogP contribution in [0.2, 0.25) is 0 Å². The molecule has 0 aliphatic carbocycles. The van der Waals surface area contributed by atoms with E-state index in [0.29, 0.717) is 6.42 Å². The molecule has 1 aromatic rings. The molecule has 5 heteroatoms. The lowest BCUT2D eigenvalue weighted by atomic mass is 10.1. The van der Waals surface area contributed by atoms with Crippen molar-refractivity contribution in [2.75, 3.05) is 6.38 Å². The van der Waals surface area contributed by atoms with Crippen molar-refractivity contribution in [1.82, 2.24) is 0 Å². The molecule has 0 aliphatic heterocycles. The summed E-state index contributed by atoms with van der Waals surface area (Å²) in [5.74, 6) is -1.72. The quantitative estimate of drug-likeness (QED) is 0.675. The maximum absolute atomic E-state index is 11.7. The summed E-state index contributed by atoms with van der Waals surface area (Å²) < 4.78 is 5.07. The van der Waals surface area contributed by atoms with Gasteiger partial charge in [-0.05, 0) is 25.5 Å². The van der Waals surface area contributed by atoms with Crippen LogP contribution in [0.1, 0.15) is 41.0 Å². The van der Waals surface area contributed by atoms with Gasteiger partial charge in [-0.15, -0.1) is 11.6 Å². The Morgan fingerprint density at radius 3 is 2.22 bits per heavy atom. The molecular formula is C13H17ClO4. The average molecular weight is 273 g/mol. The Balaban J connectivity index is 0.00000137. The highest BCUT2D eigenvalue weighted by atomic mass is 35.5. The zero-order chi connectivity index (χ0) is 14.1. The SMILES string of the molecule is CCC(C)OC(=O)c1ccccc1C(=O)O.CCl. The van der Waals surface area contributed by atoms with Crippen LogP contribution in [0.5, 0.6) is 0 Å². The highest BCUT2D eigenvalue weighted by molar-refractivity contribution is 6.15. The van der Waals surface area contributed by atoms with Gasteiger partial charge in [0.25, 0.3) is 0 Å². The van der Waals surface area contributed by atoms with Crippen molar-refractivity contribution < 1.29 is 19.4 Å². The summed E-state index contributed by atoms with van der Waals surface area (Å²) in [7, 11) is 0. The van der Waals surface area contributed by atoms with Crippen LogP contribution in [-0.2, 0) is 4.74 Å². The molecule has 0 radical (unpaired) electrons. The third-order valence-electron chi connectivity index (χ3n) is 2.26. The van der Waals surface area contributed by atoms with Crippen molar-refractivity contribution in [2.24, 2.45) is 0 Å². The number of halogens is 1. The molecule has 18 heavy (non-hydrogen) atoms. The molecule has 0 aromatic heterocycles. The molecule has 0 saturated heterocycles. The molecule has 1 aromatic carbocycles. The number of ether oxygens (including phenoxy) is 1. The van der Waals surface area contributed by atoms with Crippen LogP contribution in [0.4, 0.5) is 0 Å². The molecule has 4 nitrogen and oxygen atoms in total. The molecule has 1 N–H and O–H groups in total. The number of carboxylic acids is 1. The van der Waals surface area contributed by atoms with E-state index in [1.165, 1.54) is 18.5 Å². The van der Waals surface area contributed by atoms with Crippen molar-refractivity contribution in [2.45, 2.75) is 26.4 Å². The Kier molecular flexibility index (Phi) is 7.79. The Bertz CT molecular complexity index is 404. The zero-order valence-electron chi connectivity index (χ0n) is 10.6. The van der Waals surface area contributed by atoms with Crippen LogP contribution >= 0.6 is 11.6 Å². The van der Waals surface area contributed by atoms with Crippen molar-refractivity contribution in [3.05, 3.63) is 35.4 Å². The fourth-order valence-corrected chi connectivity index (χ4v) is 1.18. The first-order chi connectivity index (χ1) is 8.56. The van der Waals surface area contributed by atoms with Crippen LogP contribution in [0.25, 0.3) is 0 Å². The number of benzene rings is 1. The summed E-state index contributed by atoms with van der Waals surface area (Å²) >= 11 is 4.64. The van der Waals surface area contributed by atoms with Crippen LogP contribution in [-0.4, -0.2) is 29.5 Å². The van der Waals surface area contributed by atoms with Gasteiger partial charge in [0.05, 0.1) is 17.2 Å². The Labute approximate surface area is 112 Å². The van der Waals surface area contributed by atoms with Crippen molar-refractivity contribution in [3.63, 3.8) is 0 Å². The topological polar surface area (TPSA) is 63.6 Å². The number of alkyl halides is 1. The number of aromatic carboxylic acids is 1. The molecule has 0 spiro atoms. The molecule has 1 unspecified atom stereocenters. The molecule has 1 rings (SSSR count). The third-order valence-corrected chi connectivity index (χ3v) is 2.26. The number of hydrogen-bond donors (Lipinski definition) is 1. The second-order valence-electron chi connectivity index (χ2n) is 3.47. The predicted octanol–water partition coefficient (Wildman–Crippen LogP) is 3.20. The fourth-order valence-electron chi connectivity index (χ4n) is 1.18. The standard InChI is InChI=1S/C12H14O4.CH3Cl/c1-3-8(2)16-12(15)10-7-5-4-6-9(10)11(13)14;1-2/h4-8H,3H2,1-2H3,(H,13,14);1H3. The average Bonchev–Trinajstić information content (AvgIpc) is 2.40. The fraction of sp³-hybridized carbons (Fsp3) is 0.385. The molecule has 0 bridgehead atoms. The summed E-state index contributed by atoms with van der Waals surface area (Å²) in [6, 6.07) is 6.02. The number of carbonyl (C=O) groups is 2. The van der Waals surface area contributed by atoms with E-state index in [0.717, 1.165) is 0 Å². The molecule has 0 aliphatic rings. The van der Waals surface area contributed by atoms with Gasteiger partial charge < -0.3 is 9.84 Å². The lowest BCUT2D eigenvalue weighted by molar-refractivity contribution is 0.0328. The van der Waals surface area contributed by atoms with Gasteiger partial charge in [-0.25, -0.2) is 9.59 Å². The first-order valence-electron chi connectivity index (χ1n) is 5.47. The lowest BCUT2D eigenvalue weighted by Crippen LogP contribution is -2.17. The van der Waals surface area contributed by atoms with Gasteiger partial charge in [0, 0.05) is 6.38 Å². The normalized spacial score (nSPS) is 10.9. The van der Waals surface area contributed by atoms with Gasteiger partial charge in [0.15, 0.2) is 0 Å². The first-order valence-corrected chi connectivity index (χ1v) is 6.23. The van der Waals surface area contributed by atoms with E-state index in [9.17, 15) is 9.59 Å². The lowest BCUT2D eigenvalue weighted by Gasteiger charge is -2.11. The van der Waals surface area contributed by atoms with Crippen molar-refractivity contribution in [1.29, 1.82) is 0 Å². The van der Waals surface area contributed by atoms with E-state index in [4.69, 9.17) is 9.84 Å². The molecule has 0 fully saturated rings. The van der Waals surface area contributed by atoms with Gasteiger partial charge in [0.1, 0.15) is 0 Å². The predicted molar refractivity (Wildman–Crippen MR) is 70.3 cm³/mol. The van der Waals surface area contributed by atoms with E-state index >= 15 is 0 Å². The maximum atomic E-state index is 11.7. The highest BCUT2D eigenvalue weighted by Gasteiger charge is 2.18. The van der Waals surface area contributed by atoms with Gasteiger partial charge in [0.2, 0.25) is 0 Å². The second-order valence-corrected chi connectivity index (χ2v) is 3.47. The van der Waals surface area contributed by atoms with Gasteiger partial charge in [-0.2, -0.15) is 0 Å². The summed E-state index contributed by atoms with van der Waals surface area (Å²) in [5.41, 5.74) is 0.0612. The number of hydrogen-bond acceptors (Lipinski definition) is 3. The van der Waals surface area contributed by atoms with Gasteiger partial charge >= 0.3 is 11.9 Å². The van der Waals surface area contributed by atoms with E-state index in [2.05, 4.69) is 11.6 Å². The number of esters is 1. The van der Waals surface area contributed by atoms with Crippen molar-refractivity contribution in [3.8, 4) is 0 Å². The monoisotopic (exact) mass is 272 g/mol. The van der Waals surface area contributed by atoms with E-state index in [-0.39, 0.29) is 17.2 Å². The van der Waals surface area contributed by atoms with E-state index in [1.807, 2.05) is 6.92 Å². The number of carbonyl (C=O) groups excluding carboxylic acids is 1. The van der Waals surface area contributed by atoms with Crippen molar-refractivity contribution >= 4 is 23.5 Å². The highest BCUT2D eigenvalue weighted by Crippen LogP contribution is 2.12. The summed E-state index contributed by atoms with van der Waals surface area (Å²) in [4.78, 5) is 22.5. The van der Waals surface area contributed by atoms with E-state index < -0.39 is 11.9 Å². The van der Waals surface area contributed by atoms with Gasteiger partial charge in [-0.3, -0.25) is 0 Å². The summed E-state index contributed by atoms with van der Waals surface area (Å²) in [5, 5.41) is 8.90. The minimum Gasteiger partial charge on any atom is -0.478 e. The largest absolute Gasteiger partial charge is 0.478 e. The third kappa shape index (κ3) is 4.75. The molecule has 100 valence electrons. The summed E-state index contributed by atoms with van der Waals surface area (Å²) in [6.07, 6.45) is 1.95.